The molecular weight excluding hydrogens is 257 g/mol. The zero-order chi connectivity index (χ0) is 15.1. The average Bonchev–Trinajstić information content (AvgIpc) is 3.10. The van der Waals surface area contributed by atoms with E-state index < -0.39 is 23.7 Å². The summed E-state index contributed by atoms with van der Waals surface area (Å²) in [6.45, 7) is 4.12. The summed E-state index contributed by atoms with van der Waals surface area (Å²) >= 11 is 0. The van der Waals surface area contributed by atoms with Crippen LogP contribution in [0.3, 0.4) is 0 Å². The zero-order valence-electron chi connectivity index (χ0n) is 12.3. The second kappa shape index (κ2) is 5.93. The van der Waals surface area contributed by atoms with E-state index >= 15 is 0 Å². The van der Waals surface area contributed by atoms with Gasteiger partial charge in [0, 0.05) is 18.6 Å². The van der Waals surface area contributed by atoms with Crippen LogP contribution in [0.2, 0.25) is 11.6 Å². The summed E-state index contributed by atoms with van der Waals surface area (Å²) in [5, 5.41) is 40.1. The number of nitrogens with two attached hydrogens (primary N) is 1. The molecule has 8 atom stereocenters. The van der Waals surface area contributed by atoms with Crippen molar-refractivity contribution in [3.05, 3.63) is 0 Å². The Morgan fingerprint density at radius 3 is 2.55 bits per heavy atom. The number of hydrogen-bond acceptors (Lipinski definition) is 5. The van der Waals surface area contributed by atoms with Gasteiger partial charge in [-0.25, -0.2) is 0 Å². The first-order valence-electron chi connectivity index (χ1n) is 7.58. The van der Waals surface area contributed by atoms with Gasteiger partial charge >= 0.3 is 0 Å². The van der Waals surface area contributed by atoms with E-state index in [2.05, 4.69) is 0 Å². The lowest BCUT2D eigenvalue weighted by Gasteiger charge is -2.33. The van der Waals surface area contributed by atoms with Gasteiger partial charge in [0.15, 0.2) is 0 Å². The van der Waals surface area contributed by atoms with Gasteiger partial charge in [0.25, 0.3) is 0 Å². The first kappa shape index (κ1) is 16.2. The van der Waals surface area contributed by atoms with Crippen molar-refractivity contribution in [1.29, 1.82) is 0 Å². The van der Waals surface area contributed by atoms with Crippen LogP contribution in [-0.2, 0) is 0 Å². The second-order valence-corrected chi connectivity index (χ2v) is 6.88. The highest BCUT2D eigenvalue weighted by Gasteiger charge is 2.70. The molecule has 0 bridgehead atoms. The maximum absolute atomic E-state index is 10.5. The van der Waals surface area contributed by atoms with Gasteiger partial charge in [0.2, 0.25) is 0 Å². The van der Waals surface area contributed by atoms with Gasteiger partial charge in [-0.05, 0) is 30.5 Å². The molecule has 2 rings (SSSR count). The van der Waals surface area contributed by atoms with E-state index in [1.165, 1.54) is 0 Å². The Bertz CT molecular complexity index is 345. The number of rotatable bonds is 7. The molecule has 0 spiro atoms. The van der Waals surface area contributed by atoms with Gasteiger partial charge in [-0.3, -0.25) is 0 Å². The van der Waals surface area contributed by atoms with Crippen LogP contribution in [-0.4, -0.2) is 59.2 Å². The van der Waals surface area contributed by atoms with E-state index in [9.17, 15) is 15.3 Å². The maximum Gasteiger partial charge on any atom is 0.125 e. The van der Waals surface area contributed by atoms with Gasteiger partial charge in [-0.1, -0.05) is 19.7 Å². The van der Waals surface area contributed by atoms with Gasteiger partial charge in [0.1, 0.15) is 7.28 Å². The first-order chi connectivity index (χ1) is 9.38. The minimum Gasteiger partial charge on any atom is -0.396 e. The maximum atomic E-state index is 10.5. The van der Waals surface area contributed by atoms with Crippen LogP contribution in [0.5, 0.6) is 0 Å². The van der Waals surface area contributed by atoms with Crippen molar-refractivity contribution < 1.29 is 20.4 Å². The molecule has 0 aromatic heterocycles. The molecule has 5 nitrogen and oxygen atoms in total. The number of hydrogen-bond donors (Lipinski definition) is 5. The highest BCUT2D eigenvalue weighted by Crippen LogP contribution is 2.70. The monoisotopic (exact) mass is 284 g/mol. The average molecular weight is 284 g/mol. The van der Waals surface area contributed by atoms with Crippen LogP contribution < -0.4 is 5.73 Å². The molecule has 6 heteroatoms. The molecule has 1 aliphatic heterocycles. The Labute approximate surface area is 121 Å². The fourth-order valence-electron chi connectivity index (χ4n) is 3.97. The molecule has 0 aromatic rings. The van der Waals surface area contributed by atoms with Gasteiger partial charge < -0.3 is 26.2 Å². The van der Waals surface area contributed by atoms with Crippen LogP contribution in [0.1, 0.15) is 26.7 Å². The van der Waals surface area contributed by atoms with E-state index in [-0.39, 0.29) is 36.6 Å². The van der Waals surface area contributed by atoms with Gasteiger partial charge in [-0.2, -0.15) is 0 Å². The Morgan fingerprint density at radius 2 is 2.00 bits per heavy atom. The van der Waals surface area contributed by atoms with Crippen molar-refractivity contribution >= 4 is 7.28 Å². The smallest absolute Gasteiger partial charge is 0.125 e. The van der Waals surface area contributed by atoms with Crippen molar-refractivity contribution in [1.82, 2.24) is 0 Å². The molecule has 1 saturated heterocycles. The first-order valence-corrected chi connectivity index (χ1v) is 7.58. The van der Waals surface area contributed by atoms with Gasteiger partial charge in [0.05, 0.1) is 18.3 Å². The van der Waals surface area contributed by atoms with Crippen LogP contribution >= 0.6 is 0 Å². The van der Waals surface area contributed by atoms with Crippen molar-refractivity contribution in [3.63, 3.8) is 0 Å². The summed E-state index contributed by atoms with van der Waals surface area (Å²) in [5.41, 5.74) is 5.00. The lowest BCUT2D eigenvalue weighted by atomic mass is 9.58. The Hall–Kier alpha value is -0.135. The van der Waals surface area contributed by atoms with Gasteiger partial charge in [-0.15, -0.1) is 0 Å². The van der Waals surface area contributed by atoms with Crippen molar-refractivity contribution in [2.24, 2.45) is 23.0 Å². The Morgan fingerprint density at radius 1 is 1.35 bits per heavy atom. The lowest BCUT2D eigenvalue weighted by Crippen LogP contribution is -2.42. The van der Waals surface area contributed by atoms with Crippen LogP contribution in [0.4, 0.5) is 0 Å². The van der Waals surface area contributed by atoms with Crippen LogP contribution in [0.15, 0.2) is 0 Å². The summed E-state index contributed by atoms with van der Waals surface area (Å²) in [5.74, 6) is -0.0112. The quantitative estimate of drug-likeness (QED) is 0.400. The van der Waals surface area contributed by atoms with Crippen molar-refractivity contribution in [2.75, 3.05) is 13.2 Å². The summed E-state index contributed by atoms with van der Waals surface area (Å²) in [6.07, 6.45) is -0.604. The molecule has 0 amide bonds. The summed E-state index contributed by atoms with van der Waals surface area (Å²) in [6, 6.07) is 0. The topological polar surface area (TPSA) is 107 Å². The molecule has 115 valence electrons. The fourth-order valence-corrected chi connectivity index (χ4v) is 3.97. The van der Waals surface area contributed by atoms with Crippen molar-refractivity contribution in [2.45, 2.75) is 56.6 Å². The predicted molar refractivity (Wildman–Crippen MR) is 77.4 cm³/mol. The van der Waals surface area contributed by atoms with E-state index in [1.54, 1.807) is 0 Å². The SMILES string of the molecule is CC(CO)CC(C)C(O)C1[B]C2CC2(C(O)CN)C1O. The van der Waals surface area contributed by atoms with E-state index in [0.717, 1.165) is 6.42 Å². The summed E-state index contributed by atoms with van der Waals surface area (Å²) < 4.78 is 0. The highest BCUT2D eigenvalue weighted by atomic mass is 16.3. The van der Waals surface area contributed by atoms with Crippen molar-refractivity contribution in [3.8, 4) is 0 Å². The van der Waals surface area contributed by atoms with Crippen LogP contribution in [0, 0.1) is 17.3 Å². The van der Waals surface area contributed by atoms with E-state index in [4.69, 9.17) is 10.8 Å². The number of fused-ring (bicyclic) bond motifs is 1. The third kappa shape index (κ3) is 2.52. The molecule has 1 heterocycles. The minimum atomic E-state index is -0.729. The Balaban J connectivity index is 1.98. The number of aliphatic hydroxyl groups excluding tert-OH is 4. The third-order valence-corrected chi connectivity index (χ3v) is 5.38. The molecule has 8 unspecified atom stereocenters. The molecule has 1 radical (unpaired) electrons. The Kier molecular flexibility index (Phi) is 4.81. The second-order valence-electron chi connectivity index (χ2n) is 6.88. The molecule has 1 saturated carbocycles. The summed E-state index contributed by atoms with van der Waals surface area (Å²) in [7, 11) is 1.99. The molecule has 20 heavy (non-hydrogen) atoms. The minimum absolute atomic E-state index is 0.00220. The molecule has 0 aromatic carbocycles. The largest absolute Gasteiger partial charge is 0.396 e. The highest BCUT2D eigenvalue weighted by molar-refractivity contribution is 6.44. The van der Waals surface area contributed by atoms with E-state index in [1.807, 2.05) is 21.1 Å². The van der Waals surface area contributed by atoms with E-state index in [0.29, 0.717) is 6.42 Å². The molecule has 2 aliphatic rings. The molecule has 2 fully saturated rings. The van der Waals surface area contributed by atoms with Crippen LogP contribution in [0.25, 0.3) is 0 Å². The standard InChI is InChI=1S/C14H27BNO4/c1-7(6-17)3-8(2)12(19)11-13(20)14(10(18)5-16)4-9(14)15-11/h7-13,17-20H,3-6,16H2,1-2H3. The molecule has 6 N–H and O–H groups in total. The normalized spacial score (nSPS) is 41.5. The third-order valence-electron chi connectivity index (χ3n) is 5.38. The molecule has 1 aliphatic carbocycles. The molecular formula is C14H27BNO4. The fraction of sp³-hybridized carbons (Fsp3) is 1.00. The predicted octanol–water partition coefficient (Wildman–Crippen LogP) is -0.633. The lowest BCUT2D eigenvalue weighted by molar-refractivity contribution is -0.0277. The number of aliphatic hydroxyl groups is 4. The zero-order valence-corrected chi connectivity index (χ0v) is 12.3. The summed E-state index contributed by atoms with van der Waals surface area (Å²) in [4.78, 5) is 0.